The Morgan fingerprint density at radius 3 is 2.81 bits per heavy atom. The lowest BCUT2D eigenvalue weighted by Crippen LogP contribution is -2.27. The number of aromatic nitrogens is 1. The summed E-state index contributed by atoms with van der Waals surface area (Å²) in [5.41, 5.74) is 2.24. The van der Waals surface area contributed by atoms with E-state index in [1.165, 1.54) is 6.20 Å². The van der Waals surface area contributed by atoms with Crippen LogP contribution in [0.3, 0.4) is 0 Å². The fourth-order valence-corrected chi connectivity index (χ4v) is 3.33. The molecule has 0 bridgehead atoms. The van der Waals surface area contributed by atoms with Crippen molar-refractivity contribution in [1.82, 2.24) is 4.98 Å². The maximum Gasteiger partial charge on any atom is 0.257 e. The van der Waals surface area contributed by atoms with E-state index in [1.807, 2.05) is 16.3 Å². The van der Waals surface area contributed by atoms with Crippen LogP contribution in [0.2, 0.25) is 5.02 Å². The third-order valence-electron chi connectivity index (χ3n) is 3.74. The number of halogens is 1. The van der Waals surface area contributed by atoms with Gasteiger partial charge in [-0.15, -0.1) is 0 Å². The van der Waals surface area contributed by atoms with Crippen LogP contribution in [0.4, 0.5) is 11.5 Å². The Hall–Kier alpha value is -2.41. The molecule has 134 valence electrons. The number of anilines is 2. The van der Waals surface area contributed by atoms with Crippen LogP contribution in [-0.4, -0.2) is 29.1 Å². The van der Waals surface area contributed by atoms with Crippen molar-refractivity contribution in [2.75, 3.05) is 23.4 Å². The number of nitrogens with zero attached hydrogens (tertiary/aromatic N) is 2. The van der Waals surface area contributed by atoms with E-state index in [0.29, 0.717) is 35.2 Å². The lowest BCUT2D eigenvalue weighted by atomic mass is 10.2. The second-order valence-electron chi connectivity index (χ2n) is 5.65. The lowest BCUT2D eigenvalue weighted by Gasteiger charge is -2.22. The number of aliphatic hydroxyl groups is 1. The van der Waals surface area contributed by atoms with Crippen molar-refractivity contribution >= 4 is 40.4 Å². The highest BCUT2D eigenvalue weighted by molar-refractivity contribution is 7.07. The summed E-state index contributed by atoms with van der Waals surface area (Å²) in [5, 5.41) is 16.8. The molecule has 0 aliphatic carbocycles. The average Bonchev–Trinajstić information content (AvgIpc) is 3.15. The molecule has 1 aromatic carbocycles. The van der Waals surface area contributed by atoms with E-state index < -0.39 is 0 Å². The van der Waals surface area contributed by atoms with Gasteiger partial charge in [-0.2, -0.15) is 11.3 Å². The fraction of sp³-hybridized carbons (Fsp3) is 0.158. The fourth-order valence-electron chi connectivity index (χ4n) is 2.48. The predicted octanol–water partition coefficient (Wildman–Crippen LogP) is 4.05. The Kier molecular flexibility index (Phi) is 6.22. The minimum Gasteiger partial charge on any atom is -0.395 e. The van der Waals surface area contributed by atoms with Crippen molar-refractivity contribution in [3.8, 4) is 0 Å². The first-order valence-electron chi connectivity index (χ1n) is 8.05. The zero-order valence-corrected chi connectivity index (χ0v) is 15.5. The number of aliphatic hydroxyl groups excluding tert-OH is 1. The molecule has 0 unspecified atom stereocenters. The third kappa shape index (κ3) is 4.82. The number of benzene rings is 1. The molecule has 0 aliphatic heterocycles. The molecule has 2 N–H and O–H groups in total. The monoisotopic (exact) mass is 387 g/mol. The molecule has 2 aromatic heterocycles. The Balaban J connectivity index is 1.70. The molecule has 0 atom stereocenters. The second-order valence-corrected chi connectivity index (χ2v) is 6.86. The number of hydrogen-bond acceptors (Lipinski definition) is 5. The second kappa shape index (κ2) is 8.80. The van der Waals surface area contributed by atoms with E-state index >= 15 is 0 Å². The summed E-state index contributed by atoms with van der Waals surface area (Å²) in [6, 6.07) is 12.5. The van der Waals surface area contributed by atoms with Crippen LogP contribution in [-0.2, 0) is 6.54 Å². The van der Waals surface area contributed by atoms with Gasteiger partial charge in [0.05, 0.1) is 12.2 Å². The first kappa shape index (κ1) is 18.4. The largest absolute Gasteiger partial charge is 0.395 e. The number of amides is 1. The highest BCUT2D eigenvalue weighted by Gasteiger charge is 2.11. The van der Waals surface area contributed by atoms with Gasteiger partial charge in [0, 0.05) is 30.0 Å². The third-order valence-corrected chi connectivity index (χ3v) is 4.71. The molecule has 0 radical (unpaired) electrons. The van der Waals surface area contributed by atoms with Crippen molar-refractivity contribution in [3.05, 3.63) is 75.6 Å². The molecule has 0 saturated heterocycles. The number of thiophene rings is 1. The van der Waals surface area contributed by atoms with Crippen molar-refractivity contribution in [2.45, 2.75) is 6.54 Å². The van der Waals surface area contributed by atoms with Crippen molar-refractivity contribution in [1.29, 1.82) is 0 Å². The molecule has 0 aliphatic rings. The summed E-state index contributed by atoms with van der Waals surface area (Å²) < 4.78 is 0. The van der Waals surface area contributed by atoms with E-state index in [-0.39, 0.29) is 12.5 Å². The van der Waals surface area contributed by atoms with Gasteiger partial charge in [0.15, 0.2) is 0 Å². The molecule has 3 aromatic rings. The van der Waals surface area contributed by atoms with Crippen molar-refractivity contribution in [2.24, 2.45) is 0 Å². The first-order chi connectivity index (χ1) is 12.7. The maximum absolute atomic E-state index is 12.3. The number of rotatable bonds is 7. The quantitative estimate of drug-likeness (QED) is 0.642. The normalized spacial score (nSPS) is 10.5. The topological polar surface area (TPSA) is 65.5 Å². The van der Waals surface area contributed by atoms with Crippen molar-refractivity contribution in [3.63, 3.8) is 0 Å². The molecular weight excluding hydrogens is 370 g/mol. The minimum absolute atomic E-state index is 0.0306. The Labute approximate surface area is 160 Å². The van der Waals surface area contributed by atoms with Crippen LogP contribution in [0.25, 0.3) is 0 Å². The van der Waals surface area contributed by atoms with Gasteiger partial charge >= 0.3 is 0 Å². The van der Waals surface area contributed by atoms with Gasteiger partial charge in [-0.1, -0.05) is 17.7 Å². The van der Waals surface area contributed by atoms with Crippen LogP contribution in [0.1, 0.15) is 15.9 Å². The summed E-state index contributed by atoms with van der Waals surface area (Å²) in [7, 11) is 0. The van der Waals surface area contributed by atoms with Crippen LogP contribution >= 0.6 is 22.9 Å². The van der Waals surface area contributed by atoms with Crippen LogP contribution in [0, 0.1) is 0 Å². The van der Waals surface area contributed by atoms with E-state index in [1.54, 1.807) is 47.7 Å². The summed E-state index contributed by atoms with van der Waals surface area (Å²) in [5.74, 6) is 0.461. The van der Waals surface area contributed by atoms with E-state index in [2.05, 4.69) is 15.7 Å². The summed E-state index contributed by atoms with van der Waals surface area (Å²) in [6.45, 7) is 1.16. The van der Waals surface area contributed by atoms with Gasteiger partial charge in [-0.05, 0) is 52.7 Å². The summed E-state index contributed by atoms with van der Waals surface area (Å²) >= 11 is 7.56. The predicted molar refractivity (Wildman–Crippen MR) is 106 cm³/mol. The average molecular weight is 388 g/mol. The first-order valence-corrected chi connectivity index (χ1v) is 9.37. The summed E-state index contributed by atoms with van der Waals surface area (Å²) in [4.78, 5) is 18.7. The van der Waals surface area contributed by atoms with Gasteiger partial charge in [0.1, 0.15) is 5.82 Å². The number of carbonyl (C=O) groups excluding carboxylic acids is 1. The maximum atomic E-state index is 12.3. The Morgan fingerprint density at radius 2 is 2.15 bits per heavy atom. The number of nitrogens with one attached hydrogen (secondary N) is 1. The molecule has 3 rings (SSSR count). The molecule has 1 amide bonds. The molecule has 7 heteroatoms. The lowest BCUT2D eigenvalue weighted by molar-refractivity contribution is 0.102. The molecule has 5 nitrogen and oxygen atoms in total. The van der Waals surface area contributed by atoms with Crippen LogP contribution in [0.15, 0.2) is 59.4 Å². The molecule has 26 heavy (non-hydrogen) atoms. The number of pyridine rings is 1. The van der Waals surface area contributed by atoms with Gasteiger partial charge in [0.2, 0.25) is 0 Å². The zero-order chi connectivity index (χ0) is 18.4. The highest BCUT2D eigenvalue weighted by atomic mass is 35.5. The molecular formula is C19H18ClN3O2S. The van der Waals surface area contributed by atoms with Crippen LogP contribution < -0.4 is 10.2 Å². The molecule has 0 saturated carbocycles. The minimum atomic E-state index is -0.252. The Bertz CT molecular complexity index is 853. The number of carbonyl (C=O) groups is 1. The van der Waals surface area contributed by atoms with Crippen LogP contribution in [0.5, 0.6) is 0 Å². The number of hydrogen-bond donors (Lipinski definition) is 2. The molecule has 0 fully saturated rings. The summed E-state index contributed by atoms with van der Waals surface area (Å²) in [6.07, 6.45) is 1.53. The zero-order valence-electron chi connectivity index (χ0n) is 13.9. The van der Waals surface area contributed by atoms with Gasteiger partial charge < -0.3 is 15.3 Å². The van der Waals surface area contributed by atoms with Gasteiger partial charge in [0.25, 0.3) is 5.91 Å². The van der Waals surface area contributed by atoms with Gasteiger partial charge in [-0.3, -0.25) is 4.79 Å². The standard InChI is InChI=1S/C19H18ClN3O2S/c20-16-2-1-3-17(10-16)22-19(25)15-4-5-18(21-11-15)23(7-8-24)12-14-6-9-26-13-14/h1-6,9-11,13,24H,7-8,12H2,(H,22,25). The van der Waals surface area contributed by atoms with E-state index in [9.17, 15) is 9.90 Å². The van der Waals surface area contributed by atoms with E-state index in [0.717, 1.165) is 5.56 Å². The Morgan fingerprint density at radius 1 is 1.27 bits per heavy atom. The SMILES string of the molecule is O=C(Nc1cccc(Cl)c1)c1ccc(N(CCO)Cc2ccsc2)nc1. The smallest absolute Gasteiger partial charge is 0.257 e. The van der Waals surface area contributed by atoms with Crippen molar-refractivity contribution < 1.29 is 9.90 Å². The molecule has 0 spiro atoms. The van der Waals surface area contributed by atoms with Gasteiger partial charge in [-0.25, -0.2) is 4.98 Å². The van der Waals surface area contributed by atoms with E-state index in [4.69, 9.17) is 11.6 Å². The molecule has 2 heterocycles. The highest BCUT2D eigenvalue weighted by Crippen LogP contribution is 2.18.